The molecule has 94 valence electrons. The molecule has 0 spiro atoms. The van der Waals surface area contributed by atoms with Crippen LogP contribution in [0.15, 0.2) is 30.5 Å². The van der Waals surface area contributed by atoms with E-state index in [9.17, 15) is 8.78 Å². The number of benzene rings is 1. The van der Waals surface area contributed by atoms with Crippen LogP contribution < -0.4 is 10.5 Å². The quantitative estimate of drug-likeness (QED) is 0.931. The van der Waals surface area contributed by atoms with Crippen molar-refractivity contribution in [1.82, 2.24) is 4.98 Å². The number of nitrogens with zero attached hydrogens (tertiary/aromatic N) is 1. The van der Waals surface area contributed by atoms with Crippen molar-refractivity contribution in [3.63, 3.8) is 0 Å². The highest BCUT2D eigenvalue weighted by molar-refractivity contribution is 6.31. The zero-order valence-corrected chi connectivity index (χ0v) is 9.92. The van der Waals surface area contributed by atoms with Gasteiger partial charge in [-0.15, -0.1) is 0 Å². The molecule has 0 fully saturated rings. The molecule has 18 heavy (non-hydrogen) atoms. The van der Waals surface area contributed by atoms with Crippen LogP contribution >= 0.6 is 11.6 Å². The molecule has 0 radical (unpaired) electrons. The first-order valence-electron chi connectivity index (χ1n) is 5.08. The van der Waals surface area contributed by atoms with Gasteiger partial charge in [0, 0.05) is 12.7 Å². The van der Waals surface area contributed by atoms with Crippen LogP contribution in [-0.4, -0.2) is 4.98 Å². The summed E-state index contributed by atoms with van der Waals surface area (Å²) in [5, 5.41) is 0.182. The van der Waals surface area contributed by atoms with Crippen LogP contribution in [0.5, 0.6) is 11.6 Å². The average Bonchev–Trinajstić information content (AvgIpc) is 2.37. The van der Waals surface area contributed by atoms with Gasteiger partial charge in [-0.05, 0) is 23.8 Å². The topological polar surface area (TPSA) is 48.1 Å². The number of nitrogens with two attached hydrogens (primary N) is 1. The number of ether oxygens (including phenoxy) is 1. The zero-order chi connectivity index (χ0) is 13.1. The average molecular weight is 271 g/mol. The van der Waals surface area contributed by atoms with E-state index in [4.69, 9.17) is 22.1 Å². The fraction of sp³-hybridized carbons (Fsp3) is 0.0833. The highest BCUT2D eigenvalue weighted by Gasteiger charge is 2.12. The third-order valence-corrected chi connectivity index (χ3v) is 2.49. The molecule has 2 rings (SSSR count). The lowest BCUT2D eigenvalue weighted by molar-refractivity contribution is 0.405. The van der Waals surface area contributed by atoms with Gasteiger partial charge >= 0.3 is 0 Å². The summed E-state index contributed by atoms with van der Waals surface area (Å²) < 4.78 is 31.5. The smallest absolute Gasteiger partial charge is 0.238 e. The Morgan fingerprint density at radius 2 is 2.11 bits per heavy atom. The molecule has 0 amide bonds. The highest BCUT2D eigenvalue weighted by atomic mass is 35.5. The van der Waals surface area contributed by atoms with Gasteiger partial charge in [0.15, 0.2) is 11.6 Å². The van der Waals surface area contributed by atoms with Gasteiger partial charge in [0.2, 0.25) is 11.7 Å². The maximum atomic E-state index is 13.4. The second kappa shape index (κ2) is 5.29. The molecule has 2 aromatic rings. The van der Waals surface area contributed by atoms with Gasteiger partial charge in [0.25, 0.3) is 0 Å². The Morgan fingerprint density at radius 3 is 2.78 bits per heavy atom. The fourth-order valence-corrected chi connectivity index (χ4v) is 1.55. The molecule has 1 heterocycles. The first kappa shape index (κ1) is 12.7. The van der Waals surface area contributed by atoms with Gasteiger partial charge in [-0.25, -0.2) is 9.37 Å². The molecule has 6 heteroatoms. The number of pyridine rings is 1. The molecule has 1 aromatic heterocycles. The summed E-state index contributed by atoms with van der Waals surface area (Å²) in [4.78, 5) is 3.89. The number of hydrogen-bond acceptors (Lipinski definition) is 3. The summed E-state index contributed by atoms with van der Waals surface area (Å²) >= 11 is 5.89. The van der Waals surface area contributed by atoms with Gasteiger partial charge in [-0.1, -0.05) is 17.7 Å². The standard InChI is InChI=1S/C12H9ClF2N2O/c13-8-4-7(5-16)6-17-12(8)18-10-3-1-2-9(14)11(10)15/h1-4,6H,5,16H2. The number of hydrogen-bond donors (Lipinski definition) is 1. The van der Waals surface area contributed by atoms with Gasteiger partial charge in [0.05, 0.1) is 0 Å². The van der Waals surface area contributed by atoms with E-state index >= 15 is 0 Å². The first-order chi connectivity index (χ1) is 8.61. The molecule has 0 unspecified atom stereocenters. The van der Waals surface area contributed by atoms with Crippen molar-refractivity contribution < 1.29 is 13.5 Å². The van der Waals surface area contributed by atoms with Gasteiger partial charge in [0.1, 0.15) is 5.02 Å². The normalized spacial score (nSPS) is 10.4. The van der Waals surface area contributed by atoms with Gasteiger partial charge < -0.3 is 10.5 Å². The van der Waals surface area contributed by atoms with Crippen LogP contribution in [0.25, 0.3) is 0 Å². The molecule has 0 aliphatic carbocycles. The van der Waals surface area contributed by atoms with E-state index in [0.717, 1.165) is 6.07 Å². The zero-order valence-electron chi connectivity index (χ0n) is 9.16. The van der Waals surface area contributed by atoms with E-state index in [1.807, 2.05) is 0 Å². The van der Waals surface area contributed by atoms with Crippen molar-refractivity contribution >= 4 is 11.6 Å². The van der Waals surface area contributed by atoms with E-state index < -0.39 is 11.6 Å². The maximum absolute atomic E-state index is 13.4. The lowest BCUT2D eigenvalue weighted by Gasteiger charge is -2.08. The Hall–Kier alpha value is -1.72. The van der Waals surface area contributed by atoms with E-state index in [0.29, 0.717) is 5.56 Å². The van der Waals surface area contributed by atoms with Crippen molar-refractivity contribution in [1.29, 1.82) is 0 Å². The van der Waals surface area contributed by atoms with Crippen molar-refractivity contribution in [2.24, 2.45) is 5.73 Å². The first-order valence-corrected chi connectivity index (χ1v) is 5.46. The van der Waals surface area contributed by atoms with Crippen molar-refractivity contribution in [3.8, 4) is 11.6 Å². The minimum Gasteiger partial charge on any atom is -0.434 e. The lowest BCUT2D eigenvalue weighted by atomic mass is 10.3. The van der Waals surface area contributed by atoms with Crippen LogP contribution in [-0.2, 0) is 6.54 Å². The monoisotopic (exact) mass is 270 g/mol. The largest absolute Gasteiger partial charge is 0.434 e. The predicted molar refractivity (Wildman–Crippen MR) is 63.6 cm³/mol. The summed E-state index contributed by atoms with van der Waals surface area (Å²) in [6.45, 7) is 0.279. The summed E-state index contributed by atoms with van der Waals surface area (Å²) in [6, 6.07) is 5.17. The molecule has 2 N–H and O–H groups in total. The minimum absolute atomic E-state index is 0.00151. The van der Waals surface area contributed by atoms with Crippen LogP contribution in [0, 0.1) is 11.6 Å². The molecule has 0 saturated carbocycles. The fourth-order valence-electron chi connectivity index (χ4n) is 1.32. The molecule has 1 aromatic carbocycles. The minimum atomic E-state index is -1.08. The van der Waals surface area contributed by atoms with Crippen molar-refractivity contribution in [2.45, 2.75) is 6.54 Å². The van der Waals surface area contributed by atoms with Crippen molar-refractivity contribution in [3.05, 3.63) is 52.7 Å². The third-order valence-electron chi connectivity index (χ3n) is 2.22. The second-order valence-electron chi connectivity index (χ2n) is 3.49. The summed E-state index contributed by atoms with van der Waals surface area (Å²) in [5.41, 5.74) is 6.13. The summed E-state index contributed by atoms with van der Waals surface area (Å²) in [7, 11) is 0. The molecule has 3 nitrogen and oxygen atoms in total. The van der Waals surface area contributed by atoms with E-state index in [2.05, 4.69) is 4.98 Å². The molecule has 0 saturated heterocycles. The Balaban J connectivity index is 2.31. The van der Waals surface area contributed by atoms with Crippen LogP contribution in [0.2, 0.25) is 5.02 Å². The number of aromatic nitrogens is 1. The van der Waals surface area contributed by atoms with Gasteiger partial charge in [-0.3, -0.25) is 0 Å². The Bertz CT molecular complexity index is 578. The van der Waals surface area contributed by atoms with Crippen LogP contribution in [0.1, 0.15) is 5.56 Å². The Labute approximate surface area is 107 Å². The van der Waals surface area contributed by atoms with E-state index in [-0.39, 0.29) is 23.2 Å². The van der Waals surface area contributed by atoms with Crippen LogP contribution in [0.4, 0.5) is 8.78 Å². The molecular formula is C12H9ClF2N2O. The Morgan fingerprint density at radius 1 is 1.33 bits per heavy atom. The number of halogens is 3. The molecule has 0 bridgehead atoms. The Kier molecular flexibility index (Phi) is 3.74. The van der Waals surface area contributed by atoms with E-state index in [1.165, 1.54) is 18.3 Å². The molecule has 0 aliphatic heterocycles. The highest BCUT2D eigenvalue weighted by Crippen LogP contribution is 2.29. The third kappa shape index (κ3) is 2.57. The second-order valence-corrected chi connectivity index (χ2v) is 3.90. The van der Waals surface area contributed by atoms with Crippen molar-refractivity contribution in [2.75, 3.05) is 0 Å². The number of rotatable bonds is 3. The lowest BCUT2D eigenvalue weighted by Crippen LogP contribution is -1.99. The molecular weight excluding hydrogens is 262 g/mol. The predicted octanol–water partition coefficient (Wildman–Crippen LogP) is 3.26. The molecule has 0 atom stereocenters. The van der Waals surface area contributed by atoms with E-state index in [1.54, 1.807) is 6.07 Å². The van der Waals surface area contributed by atoms with Crippen LogP contribution in [0.3, 0.4) is 0 Å². The molecule has 0 aliphatic rings. The maximum Gasteiger partial charge on any atom is 0.238 e. The SMILES string of the molecule is NCc1cnc(Oc2cccc(F)c2F)c(Cl)c1. The van der Waals surface area contributed by atoms with Gasteiger partial charge in [-0.2, -0.15) is 4.39 Å². The summed E-state index contributed by atoms with van der Waals surface area (Å²) in [6.07, 6.45) is 1.46. The summed E-state index contributed by atoms with van der Waals surface area (Å²) in [5.74, 6) is -2.36.